The van der Waals surface area contributed by atoms with Crippen LogP contribution in [0.1, 0.15) is 30.8 Å². The lowest BCUT2D eigenvalue weighted by Gasteiger charge is -2.19. The third-order valence-electron chi connectivity index (χ3n) is 2.94. The first-order valence-corrected chi connectivity index (χ1v) is 5.89. The van der Waals surface area contributed by atoms with Gasteiger partial charge in [-0.05, 0) is 33.8 Å². The van der Waals surface area contributed by atoms with Crippen LogP contribution in [0.4, 0.5) is 0 Å². The van der Waals surface area contributed by atoms with Gasteiger partial charge in [-0.2, -0.15) is 5.10 Å². The van der Waals surface area contributed by atoms with Gasteiger partial charge in [-0.3, -0.25) is 9.48 Å². The number of aryl methyl sites for hydroxylation is 2. The van der Waals surface area contributed by atoms with Crippen molar-refractivity contribution in [2.45, 2.75) is 33.2 Å². The van der Waals surface area contributed by atoms with Crippen molar-refractivity contribution in [2.75, 3.05) is 0 Å². The SMILES string of the molecule is Cc1nn(C)c(C)c1/C=C/C(=O)NC(C)(C)C(=O)O. The molecule has 0 aliphatic rings. The van der Waals surface area contributed by atoms with E-state index in [1.54, 1.807) is 10.8 Å². The van der Waals surface area contributed by atoms with E-state index in [1.165, 1.54) is 19.9 Å². The van der Waals surface area contributed by atoms with Crippen LogP contribution in [-0.4, -0.2) is 32.3 Å². The van der Waals surface area contributed by atoms with Gasteiger partial charge in [-0.1, -0.05) is 0 Å². The number of aromatic nitrogens is 2. The minimum atomic E-state index is -1.29. The fourth-order valence-corrected chi connectivity index (χ4v) is 1.59. The van der Waals surface area contributed by atoms with E-state index < -0.39 is 17.4 Å². The van der Waals surface area contributed by atoms with Crippen LogP contribution in [0.15, 0.2) is 6.08 Å². The Morgan fingerprint density at radius 3 is 2.37 bits per heavy atom. The molecule has 0 fully saturated rings. The normalized spacial score (nSPS) is 11.8. The molecule has 1 rings (SSSR count). The average Bonchev–Trinajstić information content (AvgIpc) is 2.50. The second kappa shape index (κ2) is 5.26. The fourth-order valence-electron chi connectivity index (χ4n) is 1.59. The van der Waals surface area contributed by atoms with Crippen molar-refractivity contribution >= 4 is 18.0 Å². The zero-order valence-electron chi connectivity index (χ0n) is 11.8. The molecule has 0 aliphatic heterocycles. The van der Waals surface area contributed by atoms with Gasteiger partial charge in [0.05, 0.1) is 5.69 Å². The second-order valence-electron chi connectivity index (χ2n) is 4.96. The van der Waals surface area contributed by atoms with Crippen molar-refractivity contribution < 1.29 is 14.7 Å². The molecule has 104 valence electrons. The molecule has 19 heavy (non-hydrogen) atoms. The topological polar surface area (TPSA) is 84.2 Å². The van der Waals surface area contributed by atoms with Gasteiger partial charge in [0, 0.05) is 24.4 Å². The number of nitrogens with one attached hydrogen (secondary N) is 1. The van der Waals surface area contributed by atoms with E-state index in [4.69, 9.17) is 5.11 Å². The first-order valence-electron chi connectivity index (χ1n) is 5.89. The Morgan fingerprint density at radius 2 is 1.95 bits per heavy atom. The summed E-state index contributed by atoms with van der Waals surface area (Å²) in [5.41, 5.74) is 1.34. The molecule has 1 heterocycles. The summed E-state index contributed by atoms with van der Waals surface area (Å²) in [6.45, 7) is 6.62. The standard InChI is InChI=1S/C13H19N3O3/c1-8-10(9(2)16(5)15-8)6-7-11(17)14-13(3,4)12(18)19/h6-7H,1-5H3,(H,14,17)(H,18,19)/b7-6+. The van der Waals surface area contributed by atoms with Gasteiger partial charge >= 0.3 is 5.97 Å². The number of carbonyl (C=O) groups is 2. The molecule has 0 saturated carbocycles. The highest BCUT2D eigenvalue weighted by atomic mass is 16.4. The number of hydrogen-bond acceptors (Lipinski definition) is 3. The summed E-state index contributed by atoms with van der Waals surface area (Å²) in [6, 6.07) is 0. The van der Waals surface area contributed by atoms with Crippen molar-refractivity contribution in [2.24, 2.45) is 7.05 Å². The predicted octanol–water partition coefficient (Wildman–Crippen LogP) is 1.03. The Bertz CT molecular complexity index is 542. The maximum absolute atomic E-state index is 11.7. The molecule has 1 amide bonds. The molecular weight excluding hydrogens is 246 g/mol. The monoisotopic (exact) mass is 265 g/mol. The molecule has 1 aromatic rings. The van der Waals surface area contributed by atoms with Gasteiger partial charge in [-0.15, -0.1) is 0 Å². The number of hydrogen-bond donors (Lipinski definition) is 2. The molecule has 0 atom stereocenters. The van der Waals surface area contributed by atoms with E-state index in [2.05, 4.69) is 10.4 Å². The fraction of sp³-hybridized carbons (Fsp3) is 0.462. The summed E-state index contributed by atoms with van der Waals surface area (Å²) in [7, 11) is 1.83. The first kappa shape index (κ1) is 14.9. The molecule has 0 radical (unpaired) electrons. The van der Waals surface area contributed by atoms with E-state index in [0.29, 0.717) is 0 Å². The van der Waals surface area contributed by atoms with Gasteiger partial charge in [0.1, 0.15) is 5.54 Å². The van der Waals surface area contributed by atoms with Crippen LogP contribution in [0.25, 0.3) is 6.08 Å². The van der Waals surface area contributed by atoms with E-state index in [1.807, 2.05) is 20.9 Å². The molecule has 6 nitrogen and oxygen atoms in total. The Morgan fingerprint density at radius 1 is 1.37 bits per heavy atom. The molecule has 0 aromatic carbocycles. The van der Waals surface area contributed by atoms with Crippen molar-refractivity contribution in [3.05, 3.63) is 23.0 Å². The van der Waals surface area contributed by atoms with Gasteiger partial charge in [-0.25, -0.2) is 4.79 Å². The lowest BCUT2D eigenvalue weighted by atomic mass is 10.1. The van der Waals surface area contributed by atoms with Gasteiger partial charge in [0.15, 0.2) is 0 Å². The molecular formula is C13H19N3O3. The number of rotatable bonds is 4. The molecule has 0 aliphatic carbocycles. The quantitative estimate of drug-likeness (QED) is 0.796. The third kappa shape index (κ3) is 3.43. The van der Waals surface area contributed by atoms with E-state index in [-0.39, 0.29) is 0 Å². The van der Waals surface area contributed by atoms with Gasteiger partial charge in [0.25, 0.3) is 0 Å². The summed E-state index contributed by atoms with van der Waals surface area (Å²) < 4.78 is 1.73. The van der Waals surface area contributed by atoms with Crippen LogP contribution in [0.3, 0.4) is 0 Å². The first-order chi connectivity index (χ1) is 8.65. The second-order valence-corrected chi connectivity index (χ2v) is 4.96. The summed E-state index contributed by atoms with van der Waals surface area (Å²) in [6.07, 6.45) is 2.96. The zero-order chi connectivity index (χ0) is 14.8. The van der Waals surface area contributed by atoms with E-state index >= 15 is 0 Å². The molecule has 0 unspecified atom stereocenters. The number of aliphatic carboxylic acids is 1. The minimum absolute atomic E-state index is 0.449. The van der Waals surface area contributed by atoms with E-state index in [9.17, 15) is 9.59 Å². The lowest BCUT2D eigenvalue weighted by molar-refractivity contribution is -0.145. The molecule has 2 N–H and O–H groups in total. The number of carbonyl (C=O) groups excluding carboxylic acids is 1. The van der Waals surface area contributed by atoms with Crippen LogP contribution in [0.2, 0.25) is 0 Å². The van der Waals surface area contributed by atoms with Gasteiger partial charge in [0.2, 0.25) is 5.91 Å². The molecule has 0 bridgehead atoms. The maximum atomic E-state index is 11.7. The average molecular weight is 265 g/mol. The predicted molar refractivity (Wildman–Crippen MR) is 71.6 cm³/mol. The molecule has 0 spiro atoms. The van der Waals surface area contributed by atoms with Crippen LogP contribution in [-0.2, 0) is 16.6 Å². The van der Waals surface area contributed by atoms with Crippen LogP contribution in [0, 0.1) is 13.8 Å². The number of carboxylic acids is 1. The maximum Gasteiger partial charge on any atom is 0.328 e. The summed E-state index contributed by atoms with van der Waals surface area (Å²) in [4.78, 5) is 22.6. The van der Waals surface area contributed by atoms with Crippen molar-refractivity contribution in [3.63, 3.8) is 0 Å². The lowest BCUT2D eigenvalue weighted by Crippen LogP contribution is -2.49. The zero-order valence-corrected chi connectivity index (χ0v) is 11.8. The van der Waals surface area contributed by atoms with Crippen molar-refractivity contribution in [1.82, 2.24) is 15.1 Å². The van der Waals surface area contributed by atoms with Crippen LogP contribution < -0.4 is 5.32 Å². The largest absolute Gasteiger partial charge is 0.480 e. The highest BCUT2D eigenvalue weighted by molar-refractivity contribution is 5.95. The van der Waals surface area contributed by atoms with Crippen LogP contribution in [0.5, 0.6) is 0 Å². The highest BCUT2D eigenvalue weighted by Gasteiger charge is 2.28. The number of amides is 1. The Kier molecular flexibility index (Phi) is 4.14. The van der Waals surface area contributed by atoms with Crippen LogP contribution >= 0.6 is 0 Å². The molecule has 1 aromatic heterocycles. The summed E-state index contributed by atoms with van der Waals surface area (Å²) in [5, 5.41) is 15.6. The highest BCUT2D eigenvalue weighted by Crippen LogP contribution is 2.13. The minimum Gasteiger partial charge on any atom is -0.480 e. The summed E-state index contributed by atoms with van der Waals surface area (Å²) in [5.74, 6) is -1.53. The number of nitrogens with zero attached hydrogens (tertiary/aromatic N) is 2. The van der Waals surface area contributed by atoms with Gasteiger partial charge < -0.3 is 10.4 Å². The van der Waals surface area contributed by atoms with Crippen molar-refractivity contribution in [1.29, 1.82) is 0 Å². The van der Waals surface area contributed by atoms with Crippen molar-refractivity contribution in [3.8, 4) is 0 Å². The molecule has 0 saturated heterocycles. The number of carboxylic acid groups (broad SMARTS) is 1. The third-order valence-corrected chi connectivity index (χ3v) is 2.94. The smallest absolute Gasteiger partial charge is 0.328 e. The Balaban J connectivity index is 2.83. The molecule has 6 heteroatoms. The summed E-state index contributed by atoms with van der Waals surface area (Å²) >= 11 is 0. The Hall–Kier alpha value is -2.11. The Labute approximate surface area is 112 Å². The van der Waals surface area contributed by atoms with E-state index in [0.717, 1.165) is 17.0 Å².